The molecule has 7 heteroatoms. The Morgan fingerprint density at radius 2 is 2.04 bits per heavy atom. The number of pyridine rings is 1. The van der Waals surface area contributed by atoms with Crippen LogP contribution < -0.4 is 9.46 Å². The van der Waals surface area contributed by atoms with Gasteiger partial charge >= 0.3 is 0 Å². The monoisotopic (exact) mass is 399 g/mol. The summed E-state index contributed by atoms with van der Waals surface area (Å²) in [6.07, 6.45) is 7.49. The number of ether oxygens (including phenoxy) is 2. The Labute approximate surface area is 167 Å². The Balaban J connectivity index is 1.56. The van der Waals surface area contributed by atoms with Gasteiger partial charge in [-0.1, -0.05) is 24.3 Å². The van der Waals surface area contributed by atoms with Crippen LogP contribution in [0.4, 0.5) is 0 Å². The lowest BCUT2D eigenvalue weighted by Crippen LogP contribution is -2.21. The molecule has 0 saturated carbocycles. The van der Waals surface area contributed by atoms with Gasteiger partial charge in [0, 0.05) is 44.0 Å². The first-order chi connectivity index (χ1) is 13.7. The van der Waals surface area contributed by atoms with E-state index in [-0.39, 0.29) is 0 Å². The summed E-state index contributed by atoms with van der Waals surface area (Å²) in [5.41, 5.74) is 4.08. The van der Waals surface area contributed by atoms with Crippen LogP contribution in [0.3, 0.4) is 0 Å². The fourth-order valence-electron chi connectivity index (χ4n) is 3.48. The van der Waals surface area contributed by atoms with Crippen molar-refractivity contribution in [2.45, 2.75) is 19.4 Å². The third-order valence-corrected chi connectivity index (χ3v) is 5.65. The maximum atomic E-state index is 11.2. The van der Waals surface area contributed by atoms with Gasteiger partial charge < -0.3 is 14.5 Å². The summed E-state index contributed by atoms with van der Waals surface area (Å²) >= 11 is 0. The van der Waals surface area contributed by atoms with E-state index in [9.17, 15) is 4.21 Å². The van der Waals surface area contributed by atoms with Gasteiger partial charge in [-0.3, -0.25) is 0 Å². The normalized spacial score (nSPS) is 16.3. The molecule has 2 N–H and O–H groups in total. The largest absolute Gasteiger partial charge is 0.492 e. The van der Waals surface area contributed by atoms with E-state index in [1.54, 1.807) is 12.5 Å². The summed E-state index contributed by atoms with van der Waals surface area (Å²) in [6.45, 7) is 2.92. The van der Waals surface area contributed by atoms with Gasteiger partial charge in [0.25, 0.3) is 0 Å². The number of fused-ring (bicyclic) bond motifs is 1. The highest BCUT2D eigenvalue weighted by Gasteiger charge is 2.17. The third kappa shape index (κ3) is 4.43. The first kappa shape index (κ1) is 19.1. The van der Waals surface area contributed by atoms with Gasteiger partial charge in [0.1, 0.15) is 11.4 Å². The smallest absolute Gasteiger partial charge is 0.141 e. The second-order valence-electron chi connectivity index (χ2n) is 7.07. The van der Waals surface area contributed by atoms with Crippen LogP contribution in [0.5, 0.6) is 5.75 Å². The zero-order valence-electron chi connectivity index (χ0n) is 15.9. The lowest BCUT2D eigenvalue weighted by molar-refractivity contribution is 0.0500. The fraction of sp³-hybridized carbons (Fsp3) is 0.381. The van der Waals surface area contributed by atoms with E-state index >= 15 is 0 Å². The molecule has 3 aromatic rings. The van der Waals surface area contributed by atoms with Gasteiger partial charge in [0.05, 0.1) is 23.0 Å². The van der Waals surface area contributed by atoms with Gasteiger partial charge in [0.15, 0.2) is 0 Å². The Hall–Kier alpha value is -2.22. The van der Waals surface area contributed by atoms with E-state index in [4.69, 9.17) is 9.47 Å². The van der Waals surface area contributed by atoms with Crippen LogP contribution in [0.25, 0.3) is 22.2 Å². The number of rotatable bonds is 7. The summed E-state index contributed by atoms with van der Waals surface area (Å²) < 4.78 is 25.8. The Morgan fingerprint density at radius 3 is 2.79 bits per heavy atom. The molecule has 3 heterocycles. The van der Waals surface area contributed by atoms with Crippen molar-refractivity contribution in [3.05, 3.63) is 48.3 Å². The van der Waals surface area contributed by atoms with Gasteiger partial charge in [-0.25, -0.2) is 13.9 Å². The first-order valence-corrected chi connectivity index (χ1v) is 11.1. The average Bonchev–Trinajstić information content (AvgIpc) is 3.17. The molecule has 1 aromatic carbocycles. The molecule has 2 aromatic heterocycles. The van der Waals surface area contributed by atoms with Crippen LogP contribution >= 0.6 is 0 Å². The van der Waals surface area contributed by atoms with Crippen molar-refractivity contribution in [1.29, 1.82) is 0 Å². The molecule has 0 spiro atoms. The van der Waals surface area contributed by atoms with Crippen LogP contribution in [-0.4, -0.2) is 40.3 Å². The Kier molecular flexibility index (Phi) is 6.04. The molecule has 0 bridgehead atoms. The van der Waals surface area contributed by atoms with Crippen molar-refractivity contribution in [1.82, 2.24) is 14.7 Å². The number of nitrogens with zero attached hydrogens (tertiary/aromatic N) is 1. The minimum Gasteiger partial charge on any atom is -0.492 e. The Bertz CT molecular complexity index is 949. The molecule has 1 saturated heterocycles. The van der Waals surface area contributed by atoms with Crippen LogP contribution in [-0.2, 0) is 22.3 Å². The number of benzene rings is 1. The maximum absolute atomic E-state index is 11.2. The minimum absolute atomic E-state index is 0.537. The van der Waals surface area contributed by atoms with Gasteiger partial charge in [-0.2, -0.15) is 0 Å². The van der Waals surface area contributed by atoms with Gasteiger partial charge in [-0.15, -0.1) is 0 Å². The molecule has 1 aliphatic heterocycles. The third-order valence-electron chi connectivity index (χ3n) is 5.10. The van der Waals surface area contributed by atoms with E-state index in [1.807, 2.05) is 24.4 Å². The molecule has 1 aliphatic rings. The topological polar surface area (TPSA) is 76.2 Å². The molecule has 4 rings (SSSR count). The second-order valence-corrected chi connectivity index (χ2v) is 8.27. The molecule has 1 atom stereocenters. The first-order valence-electron chi connectivity index (χ1n) is 9.53. The quantitative estimate of drug-likeness (QED) is 0.638. The van der Waals surface area contributed by atoms with E-state index in [0.29, 0.717) is 19.1 Å². The van der Waals surface area contributed by atoms with E-state index < -0.39 is 11.0 Å². The average molecular weight is 400 g/mol. The molecule has 0 aliphatic carbocycles. The number of hydrogen-bond donors (Lipinski definition) is 2. The number of H-pyrrole nitrogens is 1. The number of hydrogen-bond acceptors (Lipinski definition) is 4. The highest BCUT2D eigenvalue weighted by atomic mass is 32.2. The van der Waals surface area contributed by atoms with Crippen molar-refractivity contribution < 1.29 is 13.7 Å². The second kappa shape index (κ2) is 8.86. The molecule has 0 radical (unpaired) electrons. The van der Waals surface area contributed by atoms with Crippen molar-refractivity contribution in [3.63, 3.8) is 0 Å². The molecular weight excluding hydrogens is 374 g/mol. The van der Waals surface area contributed by atoms with E-state index in [1.165, 1.54) is 0 Å². The zero-order chi connectivity index (χ0) is 19.3. The molecule has 148 valence electrons. The lowest BCUT2D eigenvalue weighted by atomic mass is 10.0. The van der Waals surface area contributed by atoms with Crippen LogP contribution in [0.1, 0.15) is 18.4 Å². The summed E-state index contributed by atoms with van der Waals surface area (Å²) in [7, 11) is -1.02. The predicted molar refractivity (Wildman–Crippen MR) is 111 cm³/mol. The van der Waals surface area contributed by atoms with Crippen molar-refractivity contribution in [3.8, 4) is 16.9 Å². The number of aromatic amines is 1. The van der Waals surface area contributed by atoms with Crippen molar-refractivity contribution in [2.75, 3.05) is 26.1 Å². The highest BCUT2D eigenvalue weighted by Crippen LogP contribution is 2.35. The molecule has 6 nitrogen and oxygen atoms in total. The summed E-state index contributed by atoms with van der Waals surface area (Å²) in [4.78, 5) is 7.71. The van der Waals surface area contributed by atoms with Crippen LogP contribution in [0.15, 0.2) is 42.7 Å². The van der Waals surface area contributed by atoms with Crippen LogP contribution in [0.2, 0.25) is 0 Å². The van der Waals surface area contributed by atoms with Gasteiger partial charge in [-0.05, 0) is 36.0 Å². The van der Waals surface area contributed by atoms with Crippen molar-refractivity contribution >= 4 is 22.0 Å². The molecule has 1 unspecified atom stereocenters. The highest BCUT2D eigenvalue weighted by molar-refractivity contribution is 7.82. The van der Waals surface area contributed by atoms with E-state index in [2.05, 4.69) is 26.8 Å². The number of aromatic nitrogens is 2. The molecular formula is C21H25N3O3S. The summed E-state index contributed by atoms with van der Waals surface area (Å²) in [5, 5.41) is 1.01. The fourth-order valence-corrected chi connectivity index (χ4v) is 3.85. The molecule has 28 heavy (non-hydrogen) atoms. The van der Waals surface area contributed by atoms with Crippen LogP contribution in [0, 0.1) is 5.92 Å². The number of nitrogens with one attached hydrogen (secondary N) is 2. The van der Waals surface area contributed by atoms with Gasteiger partial charge in [0.2, 0.25) is 0 Å². The molecule has 0 amide bonds. The zero-order valence-corrected chi connectivity index (χ0v) is 16.8. The molecule has 1 fully saturated rings. The summed E-state index contributed by atoms with van der Waals surface area (Å²) in [5.74, 6) is 1.40. The predicted octanol–water partition coefficient (Wildman–Crippen LogP) is 3.42. The Morgan fingerprint density at radius 1 is 1.25 bits per heavy atom. The summed E-state index contributed by atoms with van der Waals surface area (Å²) in [6, 6.07) is 10.2. The standard InChI is InChI=1S/C21H25N3O3S/c1-28(25)24-12-15-2-4-17(5-3-15)18-13-23-21-20(18)19(6-9-22-21)27-14-16-7-10-26-11-8-16/h2-6,9,13,16,24H,7-8,10-12,14H2,1H3,(H,22,23). The SMILES string of the molecule is CS(=O)NCc1ccc(-c2c[nH]c3nccc(OCC4CCOCC4)c23)cc1. The van der Waals surface area contributed by atoms with Crippen molar-refractivity contribution in [2.24, 2.45) is 5.92 Å². The minimum atomic E-state index is -1.02. The lowest BCUT2D eigenvalue weighted by Gasteiger charge is -2.22. The van der Waals surface area contributed by atoms with E-state index in [0.717, 1.165) is 59.5 Å². The maximum Gasteiger partial charge on any atom is 0.141 e.